The van der Waals surface area contributed by atoms with Crippen molar-refractivity contribution >= 4 is 5.95 Å². The Labute approximate surface area is 38.5 Å². The first-order valence-electron chi connectivity index (χ1n) is 1.57. The van der Waals surface area contributed by atoms with Crippen LogP contribution >= 0.6 is 0 Å². The molecule has 0 aromatic carbocycles. The Kier molecular flexibility index (Phi) is 0.868. The highest BCUT2D eigenvalue weighted by molar-refractivity contribution is 5.11. The molecule has 0 amide bonds. The van der Waals surface area contributed by atoms with Crippen molar-refractivity contribution in [2.24, 2.45) is 0 Å². The monoisotopic (exact) mass is 101 g/mol. The van der Waals surface area contributed by atoms with E-state index < -0.39 is 0 Å². The zero-order chi connectivity index (χ0) is 5.11. The zero-order valence-corrected chi connectivity index (χ0v) is 3.29. The molecule has 38 valence electrons. The normalized spacial score (nSPS) is 8.71. The smallest absolute Gasteiger partial charge is 0.264 e. The Morgan fingerprint density at radius 2 is 2.57 bits per heavy atom. The Morgan fingerprint density at radius 1 is 1.71 bits per heavy atom. The quantitative estimate of drug-likeness (QED) is 0.395. The van der Waals surface area contributed by atoms with Crippen molar-refractivity contribution in [3.8, 4) is 0 Å². The molecule has 3 N–H and O–H groups in total. The molecule has 1 aromatic heterocycles. The lowest BCUT2D eigenvalue weighted by molar-refractivity contribution is 0.382. The Hall–Kier alpha value is -1.17. The van der Waals surface area contributed by atoms with Crippen LogP contribution in [-0.2, 0) is 0 Å². The topological polar surface area (TPSA) is 86.7 Å². The van der Waals surface area contributed by atoms with Crippen LogP contribution in [0.15, 0.2) is 0 Å². The maximum atomic E-state index is 8.00. The van der Waals surface area contributed by atoms with E-state index in [2.05, 4.69) is 20.6 Å². The summed E-state index contributed by atoms with van der Waals surface area (Å²) in [6.45, 7) is 0. The second kappa shape index (κ2) is 1.52. The van der Waals surface area contributed by atoms with Crippen molar-refractivity contribution in [3.05, 3.63) is 0 Å². The molecular weight excluding hydrogens is 98.0 g/mol. The van der Waals surface area contributed by atoms with Crippen molar-refractivity contribution in [1.82, 2.24) is 20.6 Å². The van der Waals surface area contributed by atoms with E-state index in [1.54, 1.807) is 5.48 Å². The average Bonchev–Trinajstić information content (AvgIpc) is 2.14. The minimum Gasteiger partial charge on any atom is -0.288 e. The molecular formula is CH3N5O. The molecule has 0 aliphatic rings. The third-order valence-corrected chi connectivity index (χ3v) is 0.451. The van der Waals surface area contributed by atoms with Crippen LogP contribution in [0.3, 0.4) is 0 Å². The van der Waals surface area contributed by atoms with Crippen LogP contribution < -0.4 is 5.48 Å². The average molecular weight is 101 g/mol. The second-order valence-electron chi connectivity index (χ2n) is 0.862. The molecule has 0 atom stereocenters. The lowest BCUT2D eigenvalue weighted by atomic mass is 11.1. The number of hydrogen-bond donors (Lipinski definition) is 3. The van der Waals surface area contributed by atoms with E-state index in [9.17, 15) is 0 Å². The summed E-state index contributed by atoms with van der Waals surface area (Å²) in [6, 6.07) is 0. The highest BCUT2D eigenvalue weighted by Crippen LogP contribution is 1.82. The van der Waals surface area contributed by atoms with Gasteiger partial charge in [-0.3, -0.25) is 5.21 Å². The largest absolute Gasteiger partial charge is 0.288 e. The molecule has 6 heteroatoms. The van der Waals surface area contributed by atoms with Gasteiger partial charge in [0.15, 0.2) is 0 Å². The molecule has 0 radical (unpaired) electrons. The molecule has 1 aromatic rings. The number of nitrogens with one attached hydrogen (secondary N) is 2. The SMILES string of the molecule is ONc1nnn[nH]1. The van der Waals surface area contributed by atoms with Gasteiger partial charge in [0.25, 0.3) is 5.95 Å². The summed E-state index contributed by atoms with van der Waals surface area (Å²) in [5.74, 6) is 0.139. The van der Waals surface area contributed by atoms with E-state index in [0.717, 1.165) is 0 Å². The lowest BCUT2D eigenvalue weighted by Gasteiger charge is -1.80. The van der Waals surface area contributed by atoms with Crippen LogP contribution in [0.5, 0.6) is 0 Å². The Balaban J connectivity index is 2.76. The van der Waals surface area contributed by atoms with Gasteiger partial charge in [0.1, 0.15) is 0 Å². The van der Waals surface area contributed by atoms with Gasteiger partial charge in [0.2, 0.25) is 0 Å². The van der Waals surface area contributed by atoms with Gasteiger partial charge >= 0.3 is 0 Å². The van der Waals surface area contributed by atoms with E-state index >= 15 is 0 Å². The zero-order valence-electron chi connectivity index (χ0n) is 3.29. The van der Waals surface area contributed by atoms with Crippen LogP contribution in [0.25, 0.3) is 0 Å². The minimum absolute atomic E-state index is 0.139. The maximum Gasteiger partial charge on any atom is 0.264 e. The van der Waals surface area contributed by atoms with Crippen LogP contribution in [0.2, 0.25) is 0 Å². The first-order chi connectivity index (χ1) is 3.43. The van der Waals surface area contributed by atoms with Gasteiger partial charge in [-0.2, -0.15) is 0 Å². The Morgan fingerprint density at radius 3 is 2.86 bits per heavy atom. The van der Waals surface area contributed by atoms with Crippen LogP contribution in [0, 0.1) is 0 Å². The summed E-state index contributed by atoms with van der Waals surface area (Å²) in [5, 5.41) is 19.8. The molecule has 0 spiro atoms. The fourth-order valence-electron chi connectivity index (χ4n) is 0.207. The third-order valence-electron chi connectivity index (χ3n) is 0.451. The van der Waals surface area contributed by atoms with E-state index in [4.69, 9.17) is 5.21 Å². The standard InChI is InChI=1S/CH3N5O/c7-4-1-2-5-6-3-1/h7H,(H2,2,3,4,5,6). The molecule has 0 aliphatic carbocycles. The van der Waals surface area contributed by atoms with Crippen LogP contribution in [0.4, 0.5) is 5.95 Å². The highest BCUT2D eigenvalue weighted by Gasteiger charge is 1.85. The number of H-pyrrole nitrogens is 1. The van der Waals surface area contributed by atoms with Gasteiger partial charge in [-0.15, -0.1) is 0 Å². The van der Waals surface area contributed by atoms with Gasteiger partial charge in [-0.25, -0.2) is 10.6 Å². The molecule has 0 saturated heterocycles. The fraction of sp³-hybridized carbons (Fsp3) is 0. The van der Waals surface area contributed by atoms with Crippen LogP contribution in [0.1, 0.15) is 0 Å². The van der Waals surface area contributed by atoms with Crippen molar-refractivity contribution in [2.75, 3.05) is 5.48 Å². The summed E-state index contributed by atoms with van der Waals surface area (Å²) in [6.07, 6.45) is 0. The predicted octanol–water partition coefficient (Wildman–Crippen LogP) is -0.999. The molecule has 0 bridgehead atoms. The summed E-state index contributed by atoms with van der Waals surface area (Å²) in [4.78, 5) is 0. The molecule has 1 heterocycles. The first-order valence-corrected chi connectivity index (χ1v) is 1.57. The number of rotatable bonds is 1. The number of aromatic amines is 1. The van der Waals surface area contributed by atoms with Crippen molar-refractivity contribution in [2.45, 2.75) is 0 Å². The van der Waals surface area contributed by atoms with Gasteiger partial charge in [0, 0.05) is 0 Å². The molecule has 0 aliphatic heterocycles. The maximum absolute atomic E-state index is 8.00. The van der Waals surface area contributed by atoms with Gasteiger partial charge in [-0.05, 0) is 10.4 Å². The van der Waals surface area contributed by atoms with Gasteiger partial charge in [0.05, 0.1) is 0 Å². The fourth-order valence-corrected chi connectivity index (χ4v) is 0.207. The minimum atomic E-state index is 0.139. The summed E-state index contributed by atoms with van der Waals surface area (Å²) in [7, 11) is 0. The van der Waals surface area contributed by atoms with Crippen molar-refractivity contribution < 1.29 is 5.21 Å². The van der Waals surface area contributed by atoms with Crippen LogP contribution in [-0.4, -0.2) is 25.8 Å². The van der Waals surface area contributed by atoms with Crippen molar-refractivity contribution in [1.29, 1.82) is 0 Å². The number of nitrogens with zero attached hydrogens (tertiary/aromatic N) is 3. The van der Waals surface area contributed by atoms with Crippen molar-refractivity contribution in [3.63, 3.8) is 0 Å². The highest BCUT2D eigenvalue weighted by atomic mass is 16.5. The van der Waals surface area contributed by atoms with E-state index in [-0.39, 0.29) is 5.95 Å². The van der Waals surface area contributed by atoms with E-state index in [1.165, 1.54) is 0 Å². The molecule has 6 nitrogen and oxygen atoms in total. The summed E-state index contributed by atoms with van der Waals surface area (Å²) < 4.78 is 0. The first kappa shape index (κ1) is 4.00. The lowest BCUT2D eigenvalue weighted by Crippen LogP contribution is -1.89. The predicted molar refractivity (Wildman–Crippen MR) is 19.6 cm³/mol. The number of aromatic nitrogens is 4. The second-order valence-corrected chi connectivity index (χ2v) is 0.862. The third kappa shape index (κ3) is 0.631. The number of hydrogen-bond acceptors (Lipinski definition) is 5. The van der Waals surface area contributed by atoms with Gasteiger partial charge in [-0.1, -0.05) is 5.10 Å². The number of tetrazole rings is 1. The Bertz CT molecular complexity index is 123. The molecule has 7 heavy (non-hydrogen) atoms. The van der Waals surface area contributed by atoms with Gasteiger partial charge < -0.3 is 0 Å². The summed E-state index contributed by atoms with van der Waals surface area (Å²) in [5.41, 5.74) is 1.72. The molecule has 1 rings (SSSR count). The molecule has 0 unspecified atom stereocenters. The summed E-state index contributed by atoms with van der Waals surface area (Å²) >= 11 is 0. The van der Waals surface area contributed by atoms with E-state index in [1.807, 2.05) is 0 Å². The number of anilines is 1. The van der Waals surface area contributed by atoms with E-state index in [0.29, 0.717) is 0 Å². The molecule has 0 fully saturated rings. The molecule has 0 saturated carbocycles.